The van der Waals surface area contributed by atoms with Gasteiger partial charge in [-0.25, -0.2) is 4.68 Å². The lowest BCUT2D eigenvalue weighted by atomic mass is 10.2. The standard InChI is InChI=1S/C15H16N6/c1-11-4-6-14(7-5-11)9-17-20-10-16-18-15(20)21-13(3)8-12(2)19-21/h4-10H,1-3H3/b17-9-. The van der Waals surface area contributed by atoms with E-state index in [4.69, 9.17) is 0 Å². The highest BCUT2D eigenvalue weighted by Gasteiger charge is 2.10. The van der Waals surface area contributed by atoms with E-state index in [9.17, 15) is 0 Å². The Bertz CT molecular complexity index is 779. The molecule has 0 radical (unpaired) electrons. The fourth-order valence-corrected chi connectivity index (χ4v) is 2.06. The van der Waals surface area contributed by atoms with E-state index in [-0.39, 0.29) is 0 Å². The molecule has 106 valence electrons. The lowest BCUT2D eigenvalue weighted by Gasteiger charge is -2.02. The van der Waals surface area contributed by atoms with Gasteiger partial charge in [-0.15, -0.1) is 10.2 Å². The zero-order valence-electron chi connectivity index (χ0n) is 12.2. The molecule has 0 bridgehead atoms. The van der Waals surface area contributed by atoms with Crippen molar-refractivity contribution in [1.82, 2.24) is 24.7 Å². The molecule has 3 aromatic rings. The van der Waals surface area contributed by atoms with Gasteiger partial charge in [-0.1, -0.05) is 29.8 Å². The third-order valence-corrected chi connectivity index (χ3v) is 3.12. The van der Waals surface area contributed by atoms with Gasteiger partial charge in [0.15, 0.2) is 0 Å². The van der Waals surface area contributed by atoms with Gasteiger partial charge in [0.1, 0.15) is 6.33 Å². The molecule has 0 spiro atoms. The molecular formula is C15H16N6. The SMILES string of the molecule is Cc1ccc(/C=N\n2cnnc2-n2nc(C)cc2C)cc1. The fraction of sp³-hybridized carbons (Fsp3) is 0.200. The Balaban J connectivity index is 1.92. The highest BCUT2D eigenvalue weighted by Crippen LogP contribution is 2.09. The maximum atomic E-state index is 4.40. The van der Waals surface area contributed by atoms with Crippen LogP contribution in [0.4, 0.5) is 0 Å². The molecule has 1 aromatic carbocycles. The minimum Gasteiger partial charge on any atom is -0.202 e. The van der Waals surface area contributed by atoms with Crippen molar-refractivity contribution in [3.63, 3.8) is 0 Å². The predicted octanol–water partition coefficient (Wildman–Crippen LogP) is 2.27. The topological polar surface area (TPSA) is 60.9 Å². The van der Waals surface area contributed by atoms with Crippen molar-refractivity contribution in [2.24, 2.45) is 5.10 Å². The Labute approximate surface area is 122 Å². The summed E-state index contributed by atoms with van der Waals surface area (Å²) in [5.74, 6) is 0.573. The molecule has 0 amide bonds. The van der Waals surface area contributed by atoms with E-state index in [2.05, 4.69) is 39.5 Å². The molecule has 0 aliphatic heterocycles. The first kappa shape index (κ1) is 13.2. The Morgan fingerprint density at radius 3 is 2.52 bits per heavy atom. The van der Waals surface area contributed by atoms with Crippen molar-refractivity contribution in [3.05, 3.63) is 59.2 Å². The summed E-state index contributed by atoms with van der Waals surface area (Å²) in [6.07, 6.45) is 3.34. The summed E-state index contributed by atoms with van der Waals surface area (Å²) in [5, 5.41) is 16.8. The fourth-order valence-electron chi connectivity index (χ4n) is 2.06. The van der Waals surface area contributed by atoms with Crippen molar-refractivity contribution in [2.75, 3.05) is 0 Å². The zero-order valence-corrected chi connectivity index (χ0v) is 12.2. The van der Waals surface area contributed by atoms with Gasteiger partial charge in [0.05, 0.1) is 11.9 Å². The minimum absolute atomic E-state index is 0.573. The quantitative estimate of drug-likeness (QED) is 0.691. The van der Waals surface area contributed by atoms with E-state index < -0.39 is 0 Å². The van der Waals surface area contributed by atoms with Gasteiger partial charge in [0.2, 0.25) is 0 Å². The predicted molar refractivity (Wildman–Crippen MR) is 80.8 cm³/mol. The summed E-state index contributed by atoms with van der Waals surface area (Å²) in [6, 6.07) is 10.1. The first-order chi connectivity index (χ1) is 10.1. The molecule has 6 nitrogen and oxygen atoms in total. The third-order valence-electron chi connectivity index (χ3n) is 3.12. The zero-order chi connectivity index (χ0) is 14.8. The molecule has 0 aliphatic carbocycles. The molecule has 2 aromatic heterocycles. The van der Waals surface area contributed by atoms with Crippen molar-refractivity contribution in [2.45, 2.75) is 20.8 Å². The highest BCUT2D eigenvalue weighted by atomic mass is 15.5. The lowest BCUT2D eigenvalue weighted by molar-refractivity contribution is 0.717. The number of nitrogens with zero attached hydrogens (tertiary/aromatic N) is 6. The van der Waals surface area contributed by atoms with Crippen LogP contribution in [0.2, 0.25) is 0 Å². The van der Waals surface area contributed by atoms with Gasteiger partial charge < -0.3 is 0 Å². The van der Waals surface area contributed by atoms with Crippen LogP contribution in [0.3, 0.4) is 0 Å². The number of aromatic nitrogens is 5. The third kappa shape index (κ3) is 2.74. The molecule has 3 rings (SSSR count). The normalized spacial score (nSPS) is 11.4. The second kappa shape index (κ2) is 5.32. The largest absolute Gasteiger partial charge is 0.273 e. The molecule has 6 heteroatoms. The first-order valence-corrected chi connectivity index (χ1v) is 6.68. The van der Waals surface area contributed by atoms with E-state index in [1.54, 1.807) is 21.9 Å². The highest BCUT2D eigenvalue weighted by molar-refractivity contribution is 5.79. The van der Waals surface area contributed by atoms with Gasteiger partial charge in [-0.2, -0.15) is 14.9 Å². The summed E-state index contributed by atoms with van der Waals surface area (Å²) < 4.78 is 3.34. The van der Waals surface area contributed by atoms with Crippen LogP contribution in [0.15, 0.2) is 41.8 Å². The Hall–Kier alpha value is -2.76. The number of aryl methyl sites for hydroxylation is 3. The Morgan fingerprint density at radius 2 is 1.86 bits per heavy atom. The van der Waals surface area contributed by atoms with E-state index in [0.717, 1.165) is 17.0 Å². The number of hydrogen-bond acceptors (Lipinski definition) is 4. The maximum absolute atomic E-state index is 4.40. The monoisotopic (exact) mass is 280 g/mol. The van der Waals surface area contributed by atoms with Crippen molar-refractivity contribution < 1.29 is 0 Å². The minimum atomic E-state index is 0.573. The molecular weight excluding hydrogens is 264 g/mol. The van der Waals surface area contributed by atoms with Gasteiger partial charge in [0.25, 0.3) is 5.95 Å². The van der Waals surface area contributed by atoms with Crippen LogP contribution in [-0.2, 0) is 0 Å². The molecule has 0 saturated heterocycles. The average Bonchev–Trinajstić information content (AvgIpc) is 3.04. The summed E-state index contributed by atoms with van der Waals surface area (Å²) >= 11 is 0. The number of rotatable bonds is 3. The van der Waals surface area contributed by atoms with Gasteiger partial charge in [-0.3, -0.25) is 0 Å². The summed E-state index contributed by atoms with van der Waals surface area (Å²) in [4.78, 5) is 0. The van der Waals surface area contributed by atoms with Gasteiger partial charge >= 0.3 is 0 Å². The smallest absolute Gasteiger partial charge is 0.202 e. The molecule has 0 N–H and O–H groups in total. The van der Waals surface area contributed by atoms with E-state index in [0.29, 0.717) is 5.95 Å². The molecule has 21 heavy (non-hydrogen) atoms. The second-order valence-electron chi connectivity index (χ2n) is 4.97. The van der Waals surface area contributed by atoms with Crippen molar-refractivity contribution in [3.8, 4) is 5.95 Å². The van der Waals surface area contributed by atoms with Crippen LogP contribution >= 0.6 is 0 Å². The lowest BCUT2D eigenvalue weighted by Crippen LogP contribution is -2.06. The Kier molecular flexibility index (Phi) is 3.35. The van der Waals surface area contributed by atoms with Crippen LogP contribution in [-0.4, -0.2) is 30.9 Å². The Morgan fingerprint density at radius 1 is 1.10 bits per heavy atom. The van der Waals surface area contributed by atoms with Gasteiger partial charge in [-0.05, 0) is 32.4 Å². The molecule has 0 atom stereocenters. The van der Waals surface area contributed by atoms with E-state index >= 15 is 0 Å². The van der Waals surface area contributed by atoms with Crippen LogP contribution in [0, 0.1) is 20.8 Å². The maximum Gasteiger partial charge on any atom is 0.273 e. The molecule has 0 fully saturated rings. The van der Waals surface area contributed by atoms with Crippen LogP contribution in [0.5, 0.6) is 0 Å². The average molecular weight is 280 g/mol. The first-order valence-electron chi connectivity index (χ1n) is 6.68. The summed E-state index contributed by atoms with van der Waals surface area (Å²) in [5.41, 5.74) is 4.17. The molecule has 2 heterocycles. The van der Waals surface area contributed by atoms with E-state index in [1.165, 1.54) is 5.56 Å². The molecule has 0 unspecified atom stereocenters. The van der Waals surface area contributed by atoms with Gasteiger partial charge in [0, 0.05) is 5.69 Å². The van der Waals surface area contributed by atoms with Crippen LogP contribution in [0.25, 0.3) is 5.95 Å². The number of benzene rings is 1. The molecule has 0 saturated carbocycles. The van der Waals surface area contributed by atoms with Crippen molar-refractivity contribution >= 4 is 6.21 Å². The number of hydrogen-bond donors (Lipinski definition) is 0. The van der Waals surface area contributed by atoms with E-state index in [1.807, 2.05) is 32.0 Å². The second-order valence-corrected chi connectivity index (χ2v) is 4.97. The van der Waals surface area contributed by atoms with Crippen molar-refractivity contribution in [1.29, 1.82) is 0 Å². The van der Waals surface area contributed by atoms with Crippen LogP contribution < -0.4 is 0 Å². The summed E-state index contributed by atoms with van der Waals surface area (Å²) in [6.45, 7) is 5.98. The summed E-state index contributed by atoms with van der Waals surface area (Å²) in [7, 11) is 0. The molecule has 0 aliphatic rings. The van der Waals surface area contributed by atoms with Crippen LogP contribution in [0.1, 0.15) is 22.5 Å².